The fourth-order valence-corrected chi connectivity index (χ4v) is 2.92. The molecule has 0 bridgehead atoms. The Bertz CT molecular complexity index is 572. The summed E-state index contributed by atoms with van der Waals surface area (Å²) < 4.78 is 10.8. The van der Waals surface area contributed by atoms with Gasteiger partial charge in [-0.15, -0.1) is 0 Å². The van der Waals surface area contributed by atoms with Gasteiger partial charge in [-0.05, 0) is 31.4 Å². The van der Waals surface area contributed by atoms with Crippen molar-refractivity contribution in [2.75, 3.05) is 19.8 Å². The number of carboxylic acids is 1. The molecule has 132 valence electrons. The number of aliphatic carboxylic acids is 1. The van der Waals surface area contributed by atoms with Gasteiger partial charge in [0.25, 0.3) is 0 Å². The molecule has 0 aromatic heterocycles. The molecule has 1 aliphatic heterocycles. The van der Waals surface area contributed by atoms with Crippen LogP contribution in [0.3, 0.4) is 0 Å². The Morgan fingerprint density at radius 2 is 2.00 bits per heavy atom. The van der Waals surface area contributed by atoms with Crippen molar-refractivity contribution < 1.29 is 24.2 Å². The van der Waals surface area contributed by atoms with Crippen LogP contribution in [0.15, 0.2) is 24.3 Å². The summed E-state index contributed by atoms with van der Waals surface area (Å²) in [4.78, 5) is 23.2. The molecule has 0 radical (unpaired) electrons. The first-order chi connectivity index (χ1) is 11.5. The number of ether oxygens (including phenoxy) is 2. The standard InChI is InChI=1S/C17H22ClNO5/c18-13-4-1-2-5-14(13)24-9-3-6-15(20)19-17(12-16(21)22)7-10-23-11-8-17/h1-2,4-5H,3,6-12H2,(H,19,20)(H,21,22). The first kappa shape index (κ1) is 18.5. The average Bonchev–Trinajstić information content (AvgIpc) is 2.53. The predicted molar refractivity (Wildman–Crippen MR) is 89.4 cm³/mol. The smallest absolute Gasteiger partial charge is 0.305 e. The van der Waals surface area contributed by atoms with Crippen LogP contribution in [0, 0.1) is 0 Å². The van der Waals surface area contributed by atoms with Crippen LogP contribution in [0.4, 0.5) is 0 Å². The Hall–Kier alpha value is -1.79. The summed E-state index contributed by atoms with van der Waals surface area (Å²) in [5.41, 5.74) is -0.704. The number of halogens is 1. The van der Waals surface area contributed by atoms with E-state index in [9.17, 15) is 9.59 Å². The van der Waals surface area contributed by atoms with Crippen molar-refractivity contribution in [3.05, 3.63) is 29.3 Å². The zero-order chi connectivity index (χ0) is 17.4. The monoisotopic (exact) mass is 355 g/mol. The molecule has 1 fully saturated rings. The van der Waals surface area contributed by atoms with E-state index >= 15 is 0 Å². The van der Waals surface area contributed by atoms with E-state index in [1.165, 1.54) is 0 Å². The molecule has 24 heavy (non-hydrogen) atoms. The number of amides is 1. The highest BCUT2D eigenvalue weighted by molar-refractivity contribution is 6.32. The zero-order valence-electron chi connectivity index (χ0n) is 13.4. The van der Waals surface area contributed by atoms with Gasteiger partial charge in [0.15, 0.2) is 0 Å². The predicted octanol–water partition coefficient (Wildman–Crippen LogP) is 2.64. The highest BCUT2D eigenvalue weighted by Crippen LogP contribution is 2.25. The number of para-hydroxylation sites is 1. The largest absolute Gasteiger partial charge is 0.492 e. The summed E-state index contributed by atoms with van der Waals surface area (Å²) in [6.07, 6.45) is 1.74. The van der Waals surface area contributed by atoms with E-state index in [1.807, 2.05) is 12.1 Å². The molecular weight excluding hydrogens is 334 g/mol. The molecule has 1 aromatic rings. The topological polar surface area (TPSA) is 84.9 Å². The quantitative estimate of drug-likeness (QED) is 0.700. The molecule has 0 saturated carbocycles. The molecule has 1 heterocycles. The molecule has 0 atom stereocenters. The number of hydrogen-bond donors (Lipinski definition) is 2. The lowest BCUT2D eigenvalue weighted by Crippen LogP contribution is -2.53. The minimum Gasteiger partial charge on any atom is -0.492 e. The van der Waals surface area contributed by atoms with Gasteiger partial charge in [0.2, 0.25) is 5.91 Å². The normalized spacial score (nSPS) is 16.4. The number of rotatable bonds is 8. The van der Waals surface area contributed by atoms with Crippen LogP contribution in [0.2, 0.25) is 5.02 Å². The van der Waals surface area contributed by atoms with E-state index < -0.39 is 11.5 Å². The van der Waals surface area contributed by atoms with Crippen molar-refractivity contribution in [3.63, 3.8) is 0 Å². The number of carbonyl (C=O) groups is 2. The summed E-state index contributed by atoms with van der Waals surface area (Å²) in [5, 5.41) is 12.5. The van der Waals surface area contributed by atoms with Gasteiger partial charge < -0.3 is 19.9 Å². The van der Waals surface area contributed by atoms with Crippen LogP contribution in [0.1, 0.15) is 32.1 Å². The number of nitrogens with one attached hydrogen (secondary N) is 1. The third-order valence-electron chi connectivity index (χ3n) is 3.99. The SMILES string of the molecule is O=C(O)CC1(NC(=O)CCCOc2ccccc2Cl)CCOCC1. The minimum atomic E-state index is -0.917. The van der Waals surface area contributed by atoms with Gasteiger partial charge in [-0.3, -0.25) is 9.59 Å². The van der Waals surface area contributed by atoms with Crippen LogP contribution in [-0.4, -0.2) is 42.3 Å². The molecule has 1 saturated heterocycles. The van der Waals surface area contributed by atoms with Gasteiger partial charge >= 0.3 is 5.97 Å². The Morgan fingerprint density at radius 3 is 2.67 bits per heavy atom. The van der Waals surface area contributed by atoms with E-state index in [1.54, 1.807) is 12.1 Å². The van der Waals surface area contributed by atoms with Gasteiger partial charge in [0, 0.05) is 19.6 Å². The molecular formula is C17H22ClNO5. The fourth-order valence-electron chi connectivity index (χ4n) is 2.73. The highest BCUT2D eigenvalue weighted by atomic mass is 35.5. The molecule has 0 unspecified atom stereocenters. The van der Waals surface area contributed by atoms with Crippen molar-refractivity contribution in [1.82, 2.24) is 5.32 Å². The fraction of sp³-hybridized carbons (Fsp3) is 0.529. The molecule has 2 rings (SSSR count). The van der Waals surface area contributed by atoms with Crippen LogP contribution in [-0.2, 0) is 14.3 Å². The molecule has 0 aliphatic carbocycles. The Labute approximate surface area is 146 Å². The van der Waals surface area contributed by atoms with E-state index in [2.05, 4.69) is 5.32 Å². The van der Waals surface area contributed by atoms with Crippen molar-refractivity contribution in [2.45, 2.75) is 37.6 Å². The van der Waals surface area contributed by atoms with Gasteiger partial charge in [0.05, 0.1) is 23.6 Å². The minimum absolute atomic E-state index is 0.0851. The lowest BCUT2D eigenvalue weighted by atomic mass is 9.86. The van der Waals surface area contributed by atoms with Crippen molar-refractivity contribution in [2.24, 2.45) is 0 Å². The van der Waals surface area contributed by atoms with Crippen LogP contribution in [0.25, 0.3) is 0 Å². The third-order valence-corrected chi connectivity index (χ3v) is 4.30. The first-order valence-corrected chi connectivity index (χ1v) is 8.36. The van der Waals surface area contributed by atoms with Crippen LogP contribution in [0.5, 0.6) is 5.75 Å². The zero-order valence-corrected chi connectivity index (χ0v) is 14.2. The summed E-state index contributed by atoms with van der Waals surface area (Å²) >= 11 is 5.99. The lowest BCUT2D eigenvalue weighted by molar-refractivity contribution is -0.140. The molecule has 1 amide bonds. The summed E-state index contributed by atoms with van der Waals surface area (Å²) in [6, 6.07) is 7.16. The van der Waals surface area contributed by atoms with Crippen molar-refractivity contribution in [1.29, 1.82) is 0 Å². The van der Waals surface area contributed by atoms with Gasteiger partial charge in [0.1, 0.15) is 5.75 Å². The molecule has 6 nitrogen and oxygen atoms in total. The maximum Gasteiger partial charge on any atom is 0.305 e. The molecule has 2 N–H and O–H groups in total. The maximum atomic E-state index is 12.1. The Balaban J connectivity index is 1.77. The second-order valence-corrected chi connectivity index (χ2v) is 6.30. The van der Waals surface area contributed by atoms with Crippen LogP contribution >= 0.6 is 11.6 Å². The molecule has 0 spiro atoms. The van der Waals surface area contributed by atoms with E-state index in [0.29, 0.717) is 49.9 Å². The molecule has 7 heteroatoms. The maximum absolute atomic E-state index is 12.1. The number of benzene rings is 1. The third kappa shape index (κ3) is 5.69. The van der Waals surface area contributed by atoms with E-state index in [-0.39, 0.29) is 18.7 Å². The van der Waals surface area contributed by atoms with Gasteiger partial charge in [-0.25, -0.2) is 0 Å². The van der Waals surface area contributed by atoms with Crippen molar-refractivity contribution in [3.8, 4) is 5.75 Å². The van der Waals surface area contributed by atoms with Crippen LogP contribution < -0.4 is 10.1 Å². The highest BCUT2D eigenvalue weighted by Gasteiger charge is 2.36. The van der Waals surface area contributed by atoms with Crippen molar-refractivity contribution >= 4 is 23.5 Å². The summed E-state index contributed by atoms with van der Waals surface area (Å²) in [6.45, 7) is 1.29. The molecule has 1 aliphatic rings. The van der Waals surface area contributed by atoms with E-state index in [0.717, 1.165) is 0 Å². The van der Waals surface area contributed by atoms with Gasteiger partial charge in [-0.2, -0.15) is 0 Å². The summed E-state index contributed by atoms with van der Waals surface area (Å²) in [5.74, 6) is -0.494. The second kappa shape index (κ2) is 8.89. The lowest BCUT2D eigenvalue weighted by Gasteiger charge is -2.36. The summed E-state index contributed by atoms with van der Waals surface area (Å²) in [7, 11) is 0. The average molecular weight is 356 g/mol. The van der Waals surface area contributed by atoms with Gasteiger partial charge in [-0.1, -0.05) is 23.7 Å². The Kier molecular flexibility index (Phi) is 6.87. The van der Waals surface area contributed by atoms with E-state index in [4.69, 9.17) is 26.2 Å². The Morgan fingerprint density at radius 1 is 1.29 bits per heavy atom. The first-order valence-electron chi connectivity index (χ1n) is 7.99. The number of hydrogen-bond acceptors (Lipinski definition) is 4. The molecule has 1 aromatic carbocycles. The number of carbonyl (C=O) groups excluding carboxylic acids is 1. The number of carboxylic acid groups (broad SMARTS) is 1. The second-order valence-electron chi connectivity index (χ2n) is 5.89.